The van der Waals surface area contributed by atoms with Crippen molar-refractivity contribution in [3.63, 3.8) is 0 Å². The number of carbonyl (C=O) groups excluding carboxylic acids is 1. The number of carbonyl (C=O) groups is 1. The van der Waals surface area contributed by atoms with E-state index in [0.29, 0.717) is 32.8 Å². The molecule has 0 aliphatic heterocycles. The first-order chi connectivity index (χ1) is 14.4. The van der Waals surface area contributed by atoms with Crippen LogP contribution >= 0.6 is 0 Å². The van der Waals surface area contributed by atoms with Crippen LogP contribution in [0.15, 0.2) is 36.9 Å². The third kappa shape index (κ3) is 4.88. The van der Waals surface area contributed by atoms with Crippen LogP contribution in [0.5, 0.6) is 5.75 Å². The number of anilines is 1. The average Bonchev–Trinajstić information content (AvgIpc) is 3.08. The Labute approximate surface area is 175 Å². The second kappa shape index (κ2) is 8.06. The van der Waals surface area contributed by atoms with Crippen molar-refractivity contribution in [2.45, 2.75) is 31.7 Å². The van der Waals surface area contributed by atoms with Gasteiger partial charge in [0.25, 0.3) is 0 Å². The van der Waals surface area contributed by atoms with Crippen LogP contribution in [0.3, 0.4) is 0 Å². The maximum Gasteiger partial charge on any atom is 0.405 e. The number of rotatable bonds is 7. The molecule has 1 amide bonds. The Hall–Kier alpha value is -3.34. The van der Waals surface area contributed by atoms with Crippen LogP contribution in [0.1, 0.15) is 13.8 Å². The maximum absolute atomic E-state index is 13.3. The van der Waals surface area contributed by atoms with Crippen molar-refractivity contribution in [1.82, 2.24) is 15.0 Å². The summed E-state index contributed by atoms with van der Waals surface area (Å²) in [6, 6.07) is 1.54. The first kappa shape index (κ1) is 22.3. The van der Waals surface area contributed by atoms with E-state index in [1.807, 2.05) is 0 Å². The van der Waals surface area contributed by atoms with Gasteiger partial charge in [0.05, 0.1) is 30.8 Å². The van der Waals surface area contributed by atoms with Crippen LogP contribution in [-0.2, 0) is 4.79 Å². The Morgan fingerprint density at radius 1 is 1.29 bits per heavy atom. The highest BCUT2D eigenvalue weighted by Crippen LogP contribution is 2.34. The van der Waals surface area contributed by atoms with Crippen molar-refractivity contribution in [3.05, 3.63) is 36.9 Å². The third-order valence-corrected chi connectivity index (χ3v) is 4.71. The number of H-pyrrole nitrogens is 1. The Kier molecular flexibility index (Phi) is 5.81. The molecular formula is C20H22F3N5O3. The number of nitrogens with two attached hydrogens (primary N) is 1. The van der Waals surface area contributed by atoms with Gasteiger partial charge in [-0.25, -0.2) is 4.98 Å². The minimum Gasteiger partial charge on any atom is -0.495 e. The van der Waals surface area contributed by atoms with E-state index in [4.69, 9.17) is 10.5 Å². The van der Waals surface area contributed by atoms with Crippen molar-refractivity contribution in [3.8, 4) is 16.9 Å². The molecule has 3 heterocycles. The first-order valence-electron chi connectivity index (χ1n) is 9.22. The number of pyridine rings is 2. The van der Waals surface area contributed by atoms with E-state index in [1.54, 1.807) is 12.3 Å². The second-order valence-electron chi connectivity index (χ2n) is 7.61. The molecule has 3 rings (SSSR count). The summed E-state index contributed by atoms with van der Waals surface area (Å²) in [5, 5.41) is 11.0. The smallest absolute Gasteiger partial charge is 0.405 e. The molecule has 0 saturated heterocycles. The summed E-state index contributed by atoms with van der Waals surface area (Å²) in [4.78, 5) is 24.0. The van der Waals surface area contributed by atoms with Gasteiger partial charge in [-0.15, -0.1) is 0 Å². The number of hydrogen-bond acceptors (Lipinski definition) is 6. The van der Waals surface area contributed by atoms with E-state index < -0.39 is 30.3 Å². The quantitative estimate of drug-likeness (QED) is 0.523. The monoisotopic (exact) mass is 437 g/mol. The number of nitrogens with zero attached hydrogens (tertiary/aromatic N) is 3. The molecule has 11 heteroatoms. The lowest BCUT2D eigenvalue weighted by Gasteiger charge is -2.38. The van der Waals surface area contributed by atoms with Crippen LogP contribution in [0.4, 0.5) is 18.9 Å². The van der Waals surface area contributed by atoms with Gasteiger partial charge in [-0.3, -0.25) is 9.78 Å². The molecule has 0 aromatic carbocycles. The highest BCUT2D eigenvalue weighted by atomic mass is 19.4. The Bertz CT molecular complexity index is 1090. The lowest BCUT2D eigenvalue weighted by atomic mass is 9.95. The van der Waals surface area contributed by atoms with E-state index in [-0.39, 0.29) is 5.69 Å². The molecule has 3 aromatic heterocycles. The molecule has 3 aromatic rings. The number of aliphatic hydroxyl groups is 1. The number of halogens is 3. The minimum atomic E-state index is -4.66. The number of nitrogens with one attached hydrogen (secondary N) is 1. The zero-order valence-corrected chi connectivity index (χ0v) is 17.1. The molecule has 4 N–H and O–H groups in total. The van der Waals surface area contributed by atoms with Gasteiger partial charge in [-0.1, -0.05) is 0 Å². The van der Waals surface area contributed by atoms with Gasteiger partial charge < -0.3 is 25.5 Å². The van der Waals surface area contributed by atoms with E-state index in [2.05, 4.69) is 15.0 Å². The number of primary amides is 1. The zero-order valence-electron chi connectivity index (χ0n) is 17.1. The number of amides is 1. The van der Waals surface area contributed by atoms with Crippen LogP contribution < -0.4 is 15.4 Å². The van der Waals surface area contributed by atoms with E-state index >= 15 is 0 Å². The number of alkyl halides is 3. The number of methoxy groups -OCH3 is 1. The lowest BCUT2D eigenvalue weighted by molar-refractivity contribution is -0.131. The van der Waals surface area contributed by atoms with Gasteiger partial charge in [-0.2, -0.15) is 13.2 Å². The molecule has 0 aliphatic carbocycles. The summed E-state index contributed by atoms with van der Waals surface area (Å²) in [6.45, 7) is 0.945. The summed E-state index contributed by atoms with van der Waals surface area (Å²) >= 11 is 0. The molecule has 1 atom stereocenters. The topological polar surface area (TPSA) is 117 Å². The fraction of sp³-hybridized carbons (Fsp3) is 0.350. The van der Waals surface area contributed by atoms with E-state index in [9.17, 15) is 23.1 Å². The molecule has 8 nitrogen and oxygen atoms in total. The number of ether oxygens (including phenoxy) is 1. The zero-order chi connectivity index (χ0) is 23.0. The summed E-state index contributed by atoms with van der Waals surface area (Å²) in [5.74, 6) is -0.588. The predicted molar refractivity (Wildman–Crippen MR) is 109 cm³/mol. The lowest BCUT2D eigenvalue weighted by Crippen LogP contribution is -2.59. The van der Waals surface area contributed by atoms with Gasteiger partial charge >= 0.3 is 6.18 Å². The highest BCUT2D eigenvalue weighted by molar-refractivity contribution is 5.94. The summed E-state index contributed by atoms with van der Waals surface area (Å²) in [7, 11) is 1.49. The van der Waals surface area contributed by atoms with Crippen LogP contribution in [0, 0.1) is 0 Å². The number of aromatic amines is 1. The molecule has 0 unspecified atom stereocenters. The van der Waals surface area contributed by atoms with Crippen LogP contribution in [0.25, 0.3) is 22.2 Å². The van der Waals surface area contributed by atoms with Crippen molar-refractivity contribution < 1.29 is 27.8 Å². The molecule has 0 bridgehead atoms. The summed E-state index contributed by atoms with van der Waals surface area (Å²) in [6.07, 6.45) is 1.18. The van der Waals surface area contributed by atoms with E-state index in [0.717, 1.165) is 0 Å². The van der Waals surface area contributed by atoms with Gasteiger partial charge in [0.15, 0.2) is 0 Å². The Morgan fingerprint density at radius 3 is 2.58 bits per heavy atom. The largest absolute Gasteiger partial charge is 0.495 e. The van der Waals surface area contributed by atoms with Gasteiger partial charge in [0, 0.05) is 28.9 Å². The van der Waals surface area contributed by atoms with Gasteiger partial charge in [0.1, 0.15) is 24.0 Å². The summed E-state index contributed by atoms with van der Waals surface area (Å²) in [5.41, 5.74) is 5.16. The Balaban J connectivity index is 2.13. The van der Waals surface area contributed by atoms with Gasteiger partial charge in [0.2, 0.25) is 5.91 Å². The minimum absolute atomic E-state index is 0.0223. The number of aromatic nitrogens is 3. The van der Waals surface area contributed by atoms with Gasteiger partial charge in [-0.05, 0) is 26.0 Å². The molecule has 0 fully saturated rings. The predicted octanol–water partition coefficient (Wildman–Crippen LogP) is 2.63. The fourth-order valence-corrected chi connectivity index (χ4v) is 3.47. The number of hydrogen-bond donors (Lipinski definition) is 3. The van der Waals surface area contributed by atoms with Crippen molar-refractivity contribution >= 4 is 22.6 Å². The second-order valence-corrected chi connectivity index (χ2v) is 7.61. The SMILES string of the molecule is COc1cnc2[nH]cc(-c3cncc(N(CC(F)(F)F)[C@@H](C(N)=O)C(C)(C)O)c3)c2c1. The molecular weight excluding hydrogens is 415 g/mol. The maximum atomic E-state index is 13.3. The molecule has 0 spiro atoms. The molecule has 0 radical (unpaired) electrons. The van der Waals surface area contributed by atoms with Crippen molar-refractivity contribution in [1.29, 1.82) is 0 Å². The average molecular weight is 437 g/mol. The standard InChI is InChI=1S/C20H22F3N5O3/c1-19(2,30)16(17(24)29)28(10-20(21,22)23)12-4-11(6-25-7-12)15-9-27-18-14(15)5-13(31-3)8-26-18/h4-9,16,30H,10H2,1-3H3,(H2,24,29)(H,26,27)/t16-/m0/s1. The normalized spacial score (nSPS) is 13.3. The molecule has 31 heavy (non-hydrogen) atoms. The highest BCUT2D eigenvalue weighted by Gasteiger charge is 2.42. The van der Waals surface area contributed by atoms with Crippen molar-refractivity contribution in [2.24, 2.45) is 5.73 Å². The van der Waals surface area contributed by atoms with Crippen LogP contribution in [0.2, 0.25) is 0 Å². The fourth-order valence-electron chi connectivity index (χ4n) is 3.47. The molecule has 0 saturated carbocycles. The third-order valence-electron chi connectivity index (χ3n) is 4.71. The van der Waals surface area contributed by atoms with Crippen LogP contribution in [-0.4, -0.2) is 57.4 Å². The Morgan fingerprint density at radius 2 is 2.00 bits per heavy atom. The van der Waals surface area contributed by atoms with E-state index in [1.165, 1.54) is 45.6 Å². The first-order valence-corrected chi connectivity index (χ1v) is 9.22. The van der Waals surface area contributed by atoms with Crippen molar-refractivity contribution in [2.75, 3.05) is 18.6 Å². The number of fused-ring (bicyclic) bond motifs is 1. The summed E-state index contributed by atoms with van der Waals surface area (Å²) < 4.78 is 45.2. The molecule has 166 valence electrons. The molecule has 0 aliphatic rings.